The lowest BCUT2D eigenvalue weighted by molar-refractivity contribution is 0.104. The van der Waals surface area contributed by atoms with Crippen LogP contribution in [0.5, 0.6) is 5.88 Å². The first-order valence-corrected chi connectivity index (χ1v) is 6.10. The second kappa shape index (κ2) is 6.38. The van der Waals surface area contributed by atoms with Crippen LogP contribution in [0.2, 0.25) is 0 Å². The predicted molar refractivity (Wildman–Crippen MR) is 64.1 cm³/mol. The molecule has 18 heavy (non-hydrogen) atoms. The van der Waals surface area contributed by atoms with E-state index in [0.717, 1.165) is 11.7 Å². The van der Waals surface area contributed by atoms with Crippen LogP contribution >= 0.6 is 11.7 Å². The van der Waals surface area contributed by atoms with E-state index in [4.69, 9.17) is 4.74 Å². The number of aromatic nitrogens is 5. The van der Waals surface area contributed by atoms with Gasteiger partial charge in [-0.3, -0.25) is 4.68 Å². The number of rotatable bonds is 7. The Morgan fingerprint density at radius 3 is 3.17 bits per heavy atom. The summed E-state index contributed by atoms with van der Waals surface area (Å²) >= 11 is 1.07. The summed E-state index contributed by atoms with van der Waals surface area (Å²) in [4.78, 5) is 4.06. The first-order chi connectivity index (χ1) is 8.74. The largest absolute Gasteiger partial charge is 0.473 e. The van der Waals surface area contributed by atoms with Gasteiger partial charge in [0.2, 0.25) is 5.88 Å². The third-order valence-corrected chi connectivity index (χ3v) is 2.54. The van der Waals surface area contributed by atoms with Crippen LogP contribution in [-0.2, 0) is 13.6 Å². The summed E-state index contributed by atoms with van der Waals surface area (Å²) < 4.78 is 14.5. The molecule has 0 aromatic carbocycles. The van der Waals surface area contributed by atoms with Gasteiger partial charge in [-0.15, -0.1) is 4.37 Å². The summed E-state index contributed by atoms with van der Waals surface area (Å²) in [6, 6.07) is 0. The fourth-order valence-corrected chi connectivity index (χ4v) is 1.64. The third kappa shape index (κ3) is 4.02. The molecule has 2 rings (SSSR count). The Bertz CT molecular complexity index is 459. The van der Waals surface area contributed by atoms with Gasteiger partial charge >= 0.3 is 0 Å². The number of aliphatic hydroxyl groups is 1. The molecule has 0 bridgehead atoms. The van der Waals surface area contributed by atoms with Crippen LogP contribution in [-0.4, -0.2) is 47.9 Å². The predicted octanol–water partition coefficient (Wildman–Crippen LogP) is -0.804. The monoisotopic (exact) mass is 270 g/mol. The average molecular weight is 270 g/mol. The van der Waals surface area contributed by atoms with Gasteiger partial charge in [-0.05, 0) is 0 Å². The highest BCUT2D eigenvalue weighted by Gasteiger charge is 2.07. The van der Waals surface area contributed by atoms with E-state index in [2.05, 4.69) is 24.1 Å². The van der Waals surface area contributed by atoms with E-state index in [1.807, 2.05) is 0 Å². The van der Waals surface area contributed by atoms with Crippen molar-refractivity contribution in [1.82, 2.24) is 28.8 Å². The molecule has 0 spiro atoms. The fourth-order valence-electron chi connectivity index (χ4n) is 1.28. The van der Waals surface area contributed by atoms with Gasteiger partial charge in [0.05, 0.1) is 18.3 Å². The second-order valence-corrected chi connectivity index (χ2v) is 4.23. The molecule has 0 radical (unpaired) electrons. The van der Waals surface area contributed by atoms with Crippen molar-refractivity contribution in [2.75, 3.05) is 13.2 Å². The SMILES string of the molecule is Cn1cnc(CNCC(O)COc2cnsn2)n1. The molecule has 1 atom stereocenters. The minimum Gasteiger partial charge on any atom is -0.473 e. The molecule has 0 aliphatic rings. The third-order valence-electron chi connectivity index (χ3n) is 2.07. The normalized spacial score (nSPS) is 12.6. The van der Waals surface area contributed by atoms with E-state index in [0.29, 0.717) is 24.8 Å². The summed E-state index contributed by atoms with van der Waals surface area (Å²) in [6.45, 7) is 1.08. The molecule has 0 fully saturated rings. The van der Waals surface area contributed by atoms with Gasteiger partial charge in [0.25, 0.3) is 0 Å². The lowest BCUT2D eigenvalue weighted by Crippen LogP contribution is -2.31. The lowest BCUT2D eigenvalue weighted by Gasteiger charge is -2.10. The Morgan fingerprint density at radius 1 is 1.61 bits per heavy atom. The Morgan fingerprint density at radius 2 is 2.50 bits per heavy atom. The highest BCUT2D eigenvalue weighted by atomic mass is 32.1. The Labute approximate surface area is 108 Å². The molecule has 8 nitrogen and oxygen atoms in total. The van der Waals surface area contributed by atoms with Crippen molar-refractivity contribution in [3.8, 4) is 5.88 Å². The zero-order chi connectivity index (χ0) is 12.8. The van der Waals surface area contributed by atoms with Crippen LogP contribution in [0, 0.1) is 0 Å². The summed E-state index contributed by atoms with van der Waals surface area (Å²) in [5, 5.41) is 16.8. The van der Waals surface area contributed by atoms with Crippen LogP contribution in [0.4, 0.5) is 0 Å². The number of nitrogens with one attached hydrogen (secondary N) is 1. The molecular formula is C9H14N6O2S. The van der Waals surface area contributed by atoms with Crippen molar-refractivity contribution in [1.29, 1.82) is 0 Å². The number of aryl methyl sites for hydroxylation is 1. The minimum absolute atomic E-state index is 0.175. The summed E-state index contributed by atoms with van der Waals surface area (Å²) in [5.41, 5.74) is 0. The molecule has 2 heterocycles. The van der Waals surface area contributed by atoms with Crippen molar-refractivity contribution < 1.29 is 9.84 Å². The molecule has 1 unspecified atom stereocenters. The molecule has 0 aliphatic heterocycles. The molecular weight excluding hydrogens is 256 g/mol. The molecule has 0 amide bonds. The molecule has 0 saturated carbocycles. The van der Waals surface area contributed by atoms with E-state index in [9.17, 15) is 5.11 Å². The fraction of sp³-hybridized carbons (Fsp3) is 0.556. The smallest absolute Gasteiger partial charge is 0.245 e. The number of aliphatic hydroxyl groups excluding tert-OH is 1. The zero-order valence-corrected chi connectivity index (χ0v) is 10.7. The zero-order valence-electron chi connectivity index (χ0n) is 9.85. The van der Waals surface area contributed by atoms with Crippen LogP contribution in [0.15, 0.2) is 12.5 Å². The van der Waals surface area contributed by atoms with Gasteiger partial charge in [0.1, 0.15) is 25.2 Å². The maximum Gasteiger partial charge on any atom is 0.245 e. The van der Waals surface area contributed by atoms with E-state index < -0.39 is 6.10 Å². The maximum atomic E-state index is 9.65. The molecule has 0 aliphatic carbocycles. The van der Waals surface area contributed by atoms with E-state index >= 15 is 0 Å². The molecule has 2 aromatic heterocycles. The highest BCUT2D eigenvalue weighted by Crippen LogP contribution is 2.05. The molecule has 2 N–H and O–H groups in total. The van der Waals surface area contributed by atoms with Crippen LogP contribution in [0.3, 0.4) is 0 Å². The van der Waals surface area contributed by atoms with Crippen molar-refractivity contribution in [3.63, 3.8) is 0 Å². The highest BCUT2D eigenvalue weighted by molar-refractivity contribution is 6.99. The summed E-state index contributed by atoms with van der Waals surface area (Å²) in [5.74, 6) is 1.12. The van der Waals surface area contributed by atoms with Gasteiger partial charge in [0.15, 0.2) is 5.82 Å². The minimum atomic E-state index is -0.615. The second-order valence-electron chi connectivity index (χ2n) is 3.68. The topological polar surface area (TPSA) is 98.0 Å². The number of hydrogen-bond acceptors (Lipinski definition) is 8. The Balaban J connectivity index is 1.61. The van der Waals surface area contributed by atoms with Gasteiger partial charge < -0.3 is 15.2 Å². The van der Waals surface area contributed by atoms with E-state index in [1.54, 1.807) is 18.1 Å². The molecule has 98 valence electrons. The van der Waals surface area contributed by atoms with Crippen LogP contribution < -0.4 is 10.1 Å². The standard InChI is InChI=1S/C9H14N6O2S/c1-15-6-11-8(13-15)3-10-2-7(16)5-17-9-4-12-18-14-9/h4,6-7,10,16H,2-3,5H2,1H3. The van der Waals surface area contributed by atoms with Crippen molar-refractivity contribution in [2.24, 2.45) is 7.05 Å². The van der Waals surface area contributed by atoms with Crippen LogP contribution in [0.1, 0.15) is 5.82 Å². The van der Waals surface area contributed by atoms with Gasteiger partial charge in [-0.25, -0.2) is 4.98 Å². The quantitative estimate of drug-likeness (QED) is 0.679. The Hall–Kier alpha value is -1.58. The van der Waals surface area contributed by atoms with Crippen molar-refractivity contribution in [3.05, 3.63) is 18.3 Å². The Kier molecular flexibility index (Phi) is 4.56. The van der Waals surface area contributed by atoms with Crippen molar-refractivity contribution in [2.45, 2.75) is 12.6 Å². The lowest BCUT2D eigenvalue weighted by atomic mass is 10.4. The first kappa shape index (κ1) is 12.9. The number of ether oxygens (including phenoxy) is 1. The average Bonchev–Trinajstić information content (AvgIpc) is 2.98. The van der Waals surface area contributed by atoms with E-state index in [-0.39, 0.29) is 6.61 Å². The number of hydrogen-bond donors (Lipinski definition) is 2. The van der Waals surface area contributed by atoms with Crippen molar-refractivity contribution >= 4 is 11.7 Å². The maximum absolute atomic E-state index is 9.65. The molecule has 0 saturated heterocycles. The summed E-state index contributed by atoms with van der Waals surface area (Å²) in [7, 11) is 1.81. The number of nitrogens with zero attached hydrogens (tertiary/aromatic N) is 5. The molecule has 9 heteroatoms. The summed E-state index contributed by atoms with van der Waals surface area (Å²) in [6.07, 6.45) is 2.53. The first-order valence-electron chi connectivity index (χ1n) is 5.37. The van der Waals surface area contributed by atoms with E-state index in [1.165, 1.54) is 6.20 Å². The van der Waals surface area contributed by atoms with Gasteiger partial charge in [-0.2, -0.15) is 9.47 Å². The van der Waals surface area contributed by atoms with Crippen LogP contribution in [0.25, 0.3) is 0 Å². The van der Waals surface area contributed by atoms with Gasteiger partial charge in [0, 0.05) is 13.6 Å². The molecule has 2 aromatic rings. The van der Waals surface area contributed by atoms with Gasteiger partial charge in [-0.1, -0.05) is 0 Å².